The van der Waals surface area contributed by atoms with E-state index < -0.39 is 0 Å². The molecule has 2 aromatic carbocycles. The lowest BCUT2D eigenvalue weighted by Crippen LogP contribution is -2.42. The number of ether oxygens (including phenoxy) is 2. The number of carbonyl (C=O) groups excluding carboxylic acids is 2. The van der Waals surface area contributed by atoms with Crippen molar-refractivity contribution >= 4 is 17.6 Å². The predicted molar refractivity (Wildman–Crippen MR) is 137 cm³/mol. The van der Waals surface area contributed by atoms with E-state index >= 15 is 0 Å². The lowest BCUT2D eigenvalue weighted by atomic mass is 9.92. The van der Waals surface area contributed by atoms with Gasteiger partial charge in [0.2, 0.25) is 5.91 Å². The highest BCUT2D eigenvalue weighted by molar-refractivity contribution is 6.01. The minimum Gasteiger partial charge on any atom is -0.497 e. The highest BCUT2D eigenvalue weighted by Gasteiger charge is 2.26. The first-order valence-corrected chi connectivity index (χ1v) is 11.5. The first kappa shape index (κ1) is 25.8. The topological polar surface area (TPSA) is 85.7 Å². The third-order valence-corrected chi connectivity index (χ3v) is 5.58. The van der Waals surface area contributed by atoms with E-state index in [2.05, 4.69) is 26.1 Å². The highest BCUT2D eigenvalue weighted by Crippen LogP contribution is 2.28. The molecule has 0 aliphatic heterocycles. The van der Waals surface area contributed by atoms with Crippen molar-refractivity contribution in [1.29, 1.82) is 0 Å². The van der Waals surface area contributed by atoms with Gasteiger partial charge in [0.15, 0.2) is 0 Å². The number of nitrogens with one attached hydrogen (secondary N) is 1. The zero-order valence-corrected chi connectivity index (χ0v) is 21.5. The second-order valence-electron chi connectivity index (χ2n) is 9.55. The number of carbonyl (C=O) groups is 2. The molecule has 0 unspecified atom stereocenters. The molecule has 0 aliphatic carbocycles. The summed E-state index contributed by atoms with van der Waals surface area (Å²) in [4.78, 5) is 28.1. The van der Waals surface area contributed by atoms with Gasteiger partial charge in [-0.1, -0.05) is 39.0 Å². The van der Waals surface area contributed by atoms with E-state index in [0.29, 0.717) is 22.9 Å². The Balaban J connectivity index is 1.87. The fourth-order valence-corrected chi connectivity index (χ4v) is 3.56. The molecule has 1 N–H and O–H groups in total. The fraction of sp³-hybridized carbons (Fsp3) is 0.370. The Labute approximate surface area is 206 Å². The monoisotopic (exact) mass is 478 g/mol. The van der Waals surface area contributed by atoms with E-state index in [9.17, 15) is 9.59 Å². The van der Waals surface area contributed by atoms with Gasteiger partial charge in [0.25, 0.3) is 5.91 Å². The summed E-state index contributed by atoms with van der Waals surface area (Å²) in [6.45, 7) is 9.81. The van der Waals surface area contributed by atoms with Crippen LogP contribution in [0.2, 0.25) is 0 Å². The van der Waals surface area contributed by atoms with Gasteiger partial charge in [0, 0.05) is 23.6 Å². The number of hydrogen-bond donors (Lipinski definition) is 1. The van der Waals surface area contributed by atoms with E-state index in [4.69, 9.17) is 14.6 Å². The zero-order chi connectivity index (χ0) is 25.8. The first-order chi connectivity index (χ1) is 16.5. The van der Waals surface area contributed by atoms with E-state index in [1.165, 1.54) is 12.0 Å². The molecule has 3 aromatic rings. The van der Waals surface area contributed by atoms with Gasteiger partial charge in [0.1, 0.15) is 23.9 Å². The lowest BCUT2D eigenvalue weighted by molar-refractivity contribution is -0.117. The van der Waals surface area contributed by atoms with Crippen molar-refractivity contribution < 1.29 is 19.1 Å². The summed E-state index contributed by atoms with van der Waals surface area (Å²) in [7, 11) is 3.04. The Morgan fingerprint density at radius 1 is 1.03 bits per heavy atom. The average Bonchev–Trinajstić information content (AvgIpc) is 3.26. The number of methoxy groups -OCH3 is 2. The first-order valence-electron chi connectivity index (χ1n) is 11.5. The maximum Gasteiger partial charge on any atom is 0.258 e. The summed E-state index contributed by atoms with van der Waals surface area (Å²) < 4.78 is 12.3. The molecule has 0 saturated heterocycles. The minimum absolute atomic E-state index is 0.128. The van der Waals surface area contributed by atoms with Crippen molar-refractivity contribution in [1.82, 2.24) is 14.7 Å². The molecular formula is C27H34N4O4. The smallest absolute Gasteiger partial charge is 0.258 e. The van der Waals surface area contributed by atoms with Crippen molar-refractivity contribution in [2.75, 3.05) is 26.1 Å². The normalized spacial score (nSPS) is 11.3. The molecule has 0 aliphatic rings. The molecule has 3 rings (SSSR count). The van der Waals surface area contributed by atoms with E-state index in [1.807, 2.05) is 50.2 Å². The van der Waals surface area contributed by atoms with Gasteiger partial charge in [-0.25, -0.2) is 4.68 Å². The molecule has 0 bridgehead atoms. The molecule has 0 saturated carbocycles. The van der Waals surface area contributed by atoms with Crippen LogP contribution in [0.15, 0.2) is 54.6 Å². The zero-order valence-electron chi connectivity index (χ0n) is 21.5. The number of aromatic nitrogens is 2. The highest BCUT2D eigenvalue weighted by atomic mass is 16.5. The van der Waals surface area contributed by atoms with Gasteiger partial charge in [0.05, 0.1) is 31.2 Å². The Morgan fingerprint density at radius 2 is 1.71 bits per heavy atom. The summed E-state index contributed by atoms with van der Waals surface area (Å²) in [6.07, 6.45) is 0. The van der Waals surface area contributed by atoms with E-state index in [1.54, 1.807) is 30.0 Å². The van der Waals surface area contributed by atoms with Gasteiger partial charge >= 0.3 is 0 Å². The van der Waals surface area contributed by atoms with Crippen molar-refractivity contribution in [3.8, 4) is 17.2 Å². The van der Waals surface area contributed by atoms with Crippen LogP contribution in [0.5, 0.6) is 11.5 Å². The summed E-state index contributed by atoms with van der Waals surface area (Å²) in [5.74, 6) is 0.886. The molecule has 8 heteroatoms. The van der Waals surface area contributed by atoms with Crippen LogP contribution in [0.4, 0.5) is 5.82 Å². The Kier molecular flexibility index (Phi) is 7.84. The largest absolute Gasteiger partial charge is 0.497 e. The summed E-state index contributed by atoms with van der Waals surface area (Å²) in [5, 5.41) is 7.69. The van der Waals surface area contributed by atoms with Crippen LogP contribution in [-0.4, -0.2) is 53.3 Å². The Morgan fingerprint density at radius 3 is 2.29 bits per heavy atom. The summed E-state index contributed by atoms with van der Waals surface area (Å²) in [6, 6.07) is 16.3. The van der Waals surface area contributed by atoms with Gasteiger partial charge in [-0.15, -0.1) is 0 Å². The molecule has 1 heterocycles. The quantitative estimate of drug-likeness (QED) is 0.508. The number of nitrogens with zero attached hydrogens (tertiary/aromatic N) is 3. The van der Waals surface area contributed by atoms with E-state index in [0.717, 1.165) is 11.4 Å². The maximum atomic E-state index is 13.4. The van der Waals surface area contributed by atoms with Crippen LogP contribution in [0.1, 0.15) is 50.7 Å². The predicted octanol–water partition coefficient (Wildman–Crippen LogP) is 4.68. The van der Waals surface area contributed by atoms with Crippen molar-refractivity contribution in [2.45, 2.75) is 46.1 Å². The van der Waals surface area contributed by atoms with Crippen LogP contribution >= 0.6 is 0 Å². The van der Waals surface area contributed by atoms with Gasteiger partial charge in [-0.05, 0) is 38.1 Å². The molecule has 186 valence electrons. The second-order valence-corrected chi connectivity index (χ2v) is 9.55. The third-order valence-electron chi connectivity index (χ3n) is 5.58. The third kappa shape index (κ3) is 6.01. The number of para-hydroxylation sites is 1. The Bertz CT molecular complexity index is 1180. The van der Waals surface area contributed by atoms with Gasteiger partial charge in [-0.2, -0.15) is 5.10 Å². The molecule has 35 heavy (non-hydrogen) atoms. The summed E-state index contributed by atoms with van der Waals surface area (Å²) in [5.41, 5.74) is 1.83. The molecule has 1 aromatic heterocycles. The van der Waals surface area contributed by atoms with Crippen molar-refractivity contribution in [3.63, 3.8) is 0 Å². The SMILES string of the molecule is COc1ccc(C(=O)N(CC(=O)Nc2cc(C(C)(C)C)nn2-c2ccccc2)C(C)C)c(OC)c1. The molecular weight excluding hydrogens is 444 g/mol. The summed E-state index contributed by atoms with van der Waals surface area (Å²) >= 11 is 0. The number of benzene rings is 2. The number of amides is 2. The van der Waals surface area contributed by atoms with Crippen LogP contribution in [0, 0.1) is 0 Å². The lowest BCUT2D eigenvalue weighted by Gasteiger charge is -2.27. The number of hydrogen-bond acceptors (Lipinski definition) is 5. The second kappa shape index (κ2) is 10.6. The molecule has 0 radical (unpaired) electrons. The molecule has 2 amide bonds. The molecule has 0 atom stereocenters. The molecule has 8 nitrogen and oxygen atoms in total. The van der Waals surface area contributed by atoms with Crippen molar-refractivity contribution in [3.05, 3.63) is 65.9 Å². The van der Waals surface area contributed by atoms with E-state index in [-0.39, 0.29) is 29.8 Å². The maximum absolute atomic E-state index is 13.4. The number of anilines is 1. The van der Waals surface area contributed by atoms with Crippen LogP contribution < -0.4 is 14.8 Å². The minimum atomic E-state index is -0.322. The molecule has 0 spiro atoms. The average molecular weight is 479 g/mol. The van der Waals surface area contributed by atoms with Crippen LogP contribution in [0.3, 0.4) is 0 Å². The van der Waals surface area contributed by atoms with Crippen LogP contribution in [0.25, 0.3) is 5.69 Å². The van der Waals surface area contributed by atoms with Crippen molar-refractivity contribution in [2.24, 2.45) is 0 Å². The standard InChI is InChI=1S/C27H34N4O4/c1-18(2)30(26(33)21-14-13-20(34-6)15-22(21)35-7)17-25(32)28-24-16-23(27(3,4)5)29-31(24)19-11-9-8-10-12-19/h8-16,18H,17H2,1-7H3,(H,28,32). The van der Waals surface area contributed by atoms with Gasteiger partial charge in [-0.3, -0.25) is 9.59 Å². The molecule has 0 fully saturated rings. The van der Waals surface area contributed by atoms with Gasteiger partial charge < -0.3 is 19.7 Å². The fourth-order valence-electron chi connectivity index (χ4n) is 3.56. The number of rotatable bonds is 8. The Hall–Kier alpha value is -3.81. The van der Waals surface area contributed by atoms with Crippen LogP contribution in [-0.2, 0) is 10.2 Å².